The van der Waals surface area contributed by atoms with Crippen molar-refractivity contribution in [3.05, 3.63) is 22.7 Å². The van der Waals surface area contributed by atoms with Crippen LogP contribution in [-0.4, -0.2) is 16.3 Å². The minimum absolute atomic E-state index is 0.0947. The van der Waals surface area contributed by atoms with E-state index >= 15 is 0 Å². The largest absolute Gasteiger partial charge is 0.504 e. The van der Waals surface area contributed by atoms with Gasteiger partial charge in [-0.05, 0) is 12.1 Å². The fraction of sp³-hybridized carbons (Fsp3) is 0.125. The van der Waals surface area contributed by atoms with Gasteiger partial charge in [-0.15, -0.1) is 0 Å². The lowest BCUT2D eigenvalue weighted by molar-refractivity contribution is 0.399. The second-order valence-corrected chi connectivity index (χ2v) is 2.71. The number of halogens is 1. The molecule has 5 heteroatoms. The molecule has 0 spiro atoms. The molecule has 0 atom stereocenters. The third kappa shape index (κ3) is 1.99. The topological polar surface area (TPSA) is 69.9 Å². The lowest BCUT2D eigenvalue weighted by Crippen LogP contribution is -1.85. The third-order valence-corrected chi connectivity index (χ3v) is 1.86. The molecule has 0 aliphatic rings. The van der Waals surface area contributed by atoms with Gasteiger partial charge in [-0.25, -0.2) is 9.79 Å². The highest BCUT2D eigenvalue weighted by atomic mass is 35.5. The number of nitrogens with zero attached hydrogens (tertiary/aromatic N) is 1. The van der Waals surface area contributed by atoms with Crippen molar-refractivity contribution in [2.24, 2.45) is 4.99 Å². The standard InChI is InChI=1S/C8H6ClNO3/c9-6-1-2-7(12)8(13)5(6)3-10-4-11/h1-2,12-13H,3H2. The van der Waals surface area contributed by atoms with Crippen LogP contribution in [0.4, 0.5) is 0 Å². The van der Waals surface area contributed by atoms with Crippen LogP contribution in [0.2, 0.25) is 5.02 Å². The summed E-state index contributed by atoms with van der Waals surface area (Å²) in [7, 11) is 0. The maximum atomic E-state index is 9.81. The zero-order valence-corrected chi connectivity index (χ0v) is 7.25. The van der Waals surface area contributed by atoms with E-state index in [1.54, 1.807) is 0 Å². The third-order valence-electron chi connectivity index (χ3n) is 1.51. The van der Waals surface area contributed by atoms with E-state index in [-0.39, 0.29) is 28.6 Å². The highest BCUT2D eigenvalue weighted by Crippen LogP contribution is 2.34. The first-order chi connectivity index (χ1) is 6.16. The molecule has 0 heterocycles. The van der Waals surface area contributed by atoms with Crippen molar-refractivity contribution in [1.29, 1.82) is 0 Å². The van der Waals surface area contributed by atoms with Crippen LogP contribution < -0.4 is 0 Å². The molecule has 2 N–H and O–H groups in total. The first-order valence-electron chi connectivity index (χ1n) is 3.39. The van der Waals surface area contributed by atoms with Gasteiger partial charge in [0.15, 0.2) is 11.5 Å². The summed E-state index contributed by atoms with van der Waals surface area (Å²) in [4.78, 5) is 13.1. The zero-order valence-electron chi connectivity index (χ0n) is 6.49. The van der Waals surface area contributed by atoms with Crippen LogP contribution >= 0.6 is 11.6 Å². The first-order valence-corrected chi connectivity index (χ1v) is 3.77. The fourth-order valence-electron chi connectivity index (χ4n) is 0.861. The normalized spacial score (nSPS) is 9.31. The molecule has 0 aromatic heterocycles. The van der Waals surface area contributed by atoms with Crippen molar-refractivity contribution >= 4 is 17.7 Å². The van der Waals surface area contributed by atoms with E-state index in [1.807, 2.05) is 0 Å². The van der Waals surface area contributed by atoms with Crippen LogP contribution in [0.15, 0.2) is 17.1 Å². The molecule has 0 aliphatic heterocycles. The Balaban J connectivity index is 3.16. The van der Waals surface area contributed by atoms with Crippen LogP contribution in [0, 0.1) is 0 Å². The minimum atomic E-state index is -0.355. The highest BCUT2D eigenvalue weighted by molar-refractivity contribution is 6.31. The number of hydrogen-bond donors (Lipinski definition) is 2. The number of hydrogen-bond acceptors (Lipinski definition) is 4. The van der Waals surface area contributed by atoms with Crippen LogP contribution in [0.5, 0.6) is 11.5 Å². The van der Waals surface area contributed by atoms with Crippen LogP contribution in [0.1, 0.15) is 5.56 Å². The molecule has 0 unspecified atom stereocenters. The summed E-state index contributed by atoms with van der Waals surface area (Å²) in [5.41, 5.74) is 0.213. The number of aromatic hydroxyl groups is 2. The Labute approximate surface area is 79.1 Å². The molecular formula is C8H6ClNO3. The van der Waals surface area contributed by atoms with Gasteiger partial charge in [-0.2, -0.15) is 0 Å². The molecule has 0 saturated carbocycles. The average Bonchev–Trinajstić information content (AvgIpc) is 2.12. The predicted octanol–water partition coefficient (Wildman–Crippen LogP) is 1.59. The van der Waals surface area contributed by atoms with Gasteiger partial charge in [-0.1, -0.05) is 11.6 Å². The fourth-order valence-corrected chi connectivity index (χ4v) is 1.07. The Morgan fingerprint density at radius 2 is 2.15 bits per heavy atom. The number of rotatable bonds is 2. The molecule has 0 radical (unpaired) electrons. The molecule has 68 valence electrons. The summed E-state index contributed by atoms with van der Waals surface area (Å²) in [6.45, 7) is -0.0947. The van der Waals surface area contributed by atoms with Gasteiger partial charge < -0.3 is 10.2 Å². The van der Waals surface area contributed by atoms with Crippen molar-refractivity contribution < 1.29 is 15.0 Å². The lowest BCUT2D eigenvalue weighted by Gasteiger charge is -2.04. The van der Waals surface area contributed by atoms with E-state index in [4.69, 9.17) is 16.7 Å². The molecule has 0 bridgehead atoms. The van der Waals surface area contributed by atoms with Crippen molar-refractivity contribution in [3.63, 3.8) is 0 Å². The lowest BCUT2D eigenvalue weighted by atomic mass is 10.2. The number of aliphatic imine (C=N–C) groups is 1. The Morgan fingerprint density at radius 1 is 1.46 bits per heavy atom. The van der Waals surface area contributed by atoms with Crippen LogP contribution in [0.3, 0.4) is 0 Å². The zero-order chi connectivity index (χ0) is 9.84. The first kappa shape index (κ1) is 9.58. The summed E-state index contributed by atoms with van der Waals surface area (Å²) in [5, 5.41) is 18.6. The van der Waals surface area contributed by atoms with E-state index < -0.39 is 0 Å². The number of carbonyl (C=O) groups excluding carboxylic acids is 1. The van der Waals surface area contributed by atoms with Crippen molar-refractivity contribution in [2.45, 2.75) is 6.54 Å². The van der Waals surface area contributed by atoms with Crippen molar-refractivity contribution in [3.8, 4) is 11.5 Å². The molecule has 0 aliphatic carbocycles. The minimum Gasteiger partial charge on any atom is -0.504 e. The number of phenolic OH excluding ortho intramolecular Hbond substituents is 2. The smallest absolute Gasteiger partial charge is 0.235 e. The molecule has 1 rings (SSSR count). The van der Waals surface area contributed by atoms with Gasteiger partial charge in [-0.3, -0.25) is 0 Å². The monoisotopic (exact) mass is 199 g/mol. The molecule has 1 aromatic rings. The quantitative estimate of drug-likeness (QED) is 0.432. The maximum Gasteiger partial charge on any atom is 0.235 e. The number of phenols is 2. The summed E-state index contributed by atoms with van der Waals surface area (Å²) >= 11 is 5.68. The molecule has 0 amide bonds. The van der Waals surface area contributed by atoms with E-state index in [1.165, 1.54) is 18.2 Å². The predicted molar refractivity (Wildman–Crippen MR) is 46.6 cm³/mol. The van der Waals surface area contributed by atoms with E-state index in [2.05, 4.69) is 4.99 Å². The van der Waals surface area contributed by atoms with E-state index in [9.17, 15) is 9.90 Å². The summed E-state index contributed by atoms with van der Waals surface area (Å²) < 4.78 is 0. The second-order valence-electron chi connectivity index (χ2n) is 2.30. The molecule has 0 saturated heterocycles. The van der Waals surface area contributed by atoms with E-state index in [0.717, 1.165) is 0 Å². The van der Waals surface area contributed by atoms with Crippen molar-refractivity contribution in [1.82, 2.24) is 0 Å². The van der Waals surface area contributed by atoms with Crippen LogP contribution in [0.25, 0.3) is 0 Å². The molecule has 0 fully saturated rings. The Bertz CT molecular complexity index is 372. The van der Waals surface area contributed by atoms with Crippen molar-refractivity contribution in [2.75, 3.05) is 0 Å². The Kier molecular flexibility index (Phi) is 2.90. The summed E-state index contributed by atoms with van der Waals surface area (Å²) in [5.74, 6) is -0.646. The van der Waals surface area contributed by atoms with Crippen LogP contribution in [-0.2, 0) is 11.3 Å². The Morgan fingerprint density at radius 3 is 2.77 bits per heavy atom. The van der Waals surface area contributed by atoms with Gasteiger partial charge in [0.2, 0.25) is 6.08 Å². The molecule has 13 heavy (non-hydrogen) atoms. The summed E-state index contributed by atoms with van der Waals surface area (Å²) in [6, 6.07) is 2.66. The van der Waals surface area contributed by atoms with Gasteiger partial charge in [0.05, 0.1) is 6.54 Å². The molecule has 4 nitrogen and oxygen atoms in total. The molecular weight excluding hydrogens is 194 g/mol. The van der Waals surface area contributed by atoms with Gasteiger partial charge in [0.25, 0.3) is 0 Å². The average molecular weight is 200 g/mol. The SMILES string of the molecule is O=C=NCc1c(Cl)ccc(O)c1O. The van der Waals surface area contributed by atoms with Gasteiger partial charge in [0, 0.05) is 10.6 Å². The van der Waals surface area contributed by atoms with Gasteiger partial charge >= 0.3 is 0 Å². The molecule has 1 aromatic carbocycles. The second kappa shape index (κ2) is 3.94. The summed E-state index contributed by atoms with van der Waals surface area (Å²) in [6.07, 6.45) is 1.31. The van der Waals surface area contributed by atoms with Gasteiger partial charge in [0.1, 0.15) is 0 Å². The number of benzene rings is 1. The number of isocyanates is 1. The highest BCUT2D eigenvalue weighted by Gasteiger charge is 2.09. The van der Waals surface area contributed by atoms with E-state index in [0.29, 0.717) is 0 Å². The maximum absolute atomic E-state index is 9.81. The Hall–Kier alpha value is -1.51.